The lowest BCUT2D eigenvalue weighted by molar-refractivity contribution is -0.138. The minimum atomic E-state index is -0.958. The molecule has 0 saturated carbocycles. The molecule has 72 heavy (non-hydrogen) atoms. The van der Waals surface area contributed by atoms with Crippen LogP contribution >= 0.6 is 0 Å². The van der Waals surface area contributed by atoms with Crippen molar-refractivity contribution in [3.8, 4) is 28.7 Å². The summed E-state index contributed by atoms with van der Waals surface area (Å²) in [6, 6.07) is 9.87. The third-order valence-corrected chi connectivity index (χ3v) is 12.6. The first-order chi connectivity index (χ1) is 35.0. The number of rotatable bonds is 28. The molecular weight excluding hydrogens is 933 g/mol. The van der Waals surface area contributed by atoms with Gasteiger partial charge in [0, 0.05) is 69.9 Å². The van der Waals surface area contributed by atoms with Crippen LogP contribution in [-0.2, 0) is 41.8 Å². The van der Waals surface area contributed by atoms with Gasteiger partial charge in [-0.2, -0.15) is 0 Å². The molecule has 0 spiro atoms. The summed E-state index contributed by atoms with van der Waals surface area (Å²) in [5.74, 6) is 0.730. The number of carbonyl (C=O) groups is 4. The summed E-state index contributed by atoms with van der Waals surface area (Å²) >= 11 is 0. The van der Waals surface area contributed by atoms with E-state index in [-0.39, 0.29) is 88.6 Å². The van der Waals surface area contributed by atoms with Crippen LogP contribution in [0, 0.1) is 5.92 Å². The van der Waals surface area contributed by atoms with Crippen molar-refractivity contribution in [1.29, 1.82) is 0 Å². The number of fused-ring (bicyclic) bond motifs is 4. The fourth-order valence-electron chi connectivity index (χ4n) is 8.86. The van der Waals surface area contributed by atoms with E-state index in [0.717, 1.165) is 12.8 Å². The van der Waals surface area contributed by atoms with E-state index in [0.29, 0.717) is 121 Å². The Morgan fingerprint density at radius 3 is 1.88 bits per heavy atom. The van der Waals surface area contributed by atoms with Gasteiger partial charge >= 0.3 is 5.97 Å². The molecule has 0 bridgehead atoms. The Hall–Kier alpha value is -6.61. The molecule has 1 N–H and O–H groups in total. The maximum absolute atomic E-state index is 13.7. The zero-order chi connectivity index (χ0) is 51.0. The van der Waals surface area contributed by atoms with Crippen LogP contribution in [0.3, 0.4) is 0 Å². The number of carbonyl (C=O) groups excluding carboxylic acids is 3. The molecule has 3 amide bonds. The summed E-state index contributed by atoms with van der Waals surface area (Å²) < 4.78 is 51.9. The van der Waals surface area contributed by atoms with E-state index in [1.54, 1.807) is 54.6 Å². The predicted molar refractivity (Wildman–Crippen MR) is 265 cm³/mol. The van der Waals surface area contributed by atoms with Gasteiger partial charge in [0.05, 0.1) is 119 Å². The number of ether oxygens (including phenoxy) is 9. The average molecular weight is 999 g/mol. The van der Waals surface area contributed by atoms with E-state index in [2.05, 4.69) is 6.92 Å². The van der Waals surface area contributed by atoms with Crippen LogP contribution < -0.4 is 23.7 Å². The predicted octanol–water partition coefficient (Wildman–Crippen LogP) is 5.86. The van der Waals surface area contributed by atoms with Gasteiger partial charge in [-0.15, -0.1) is 0 Å². The van der Waals surface area contributed by atoms with Crippen LogP contribution in [0.2, 0.25) is 0 Å². The molecule has 2 saturated heterocycles. The average Bonchev–Trinajstić information content (AvgIpc) is 3.92. The minimum Gasteiger partial charge on any atom is -0.493 e. The quantitative estimate of drug-likeness (QED) is 0.0666. The van der Waals surface area contributed by atoms with Gasteiger partial charge in [0.2, 0.25) is 5.91 Å². The maximum atomic E-state index is 13.7. The van der Waals surface area contributed by atoms with Crippen molar-refractivity contribution in [3.05, 3.63) is 70.6 Å². The van der Waals surface area contributed by atoms with Gasteiger partial charge in [-0.25, -0.2) is 0 Å². The molecule has 20 nitrogen and oxygen atoms in total. The van der Waals surface area contributed by atoms with Crippen molar-refractivity contribution in [1.82, 2.24) is 19.7 Å². The first-order valence-electron chi connectivity index (χ1n) is 24.4. The summed E-state index contributed by atoms with van der Waals surface area (Å²) in [6.07, 6.45) is 7.45. The second kappa shape index (κ2) is 26.2. The first-order valence-corrected chi connectivity index (χ1v) is 24.4. The number of aliphatic carboxylic acids is 1. The van der Waals surface area contributed by atoms with E-state index in [4.69, 9.17) is 57.6 Å². The molecule has 3 aromatic rings. The van der Waals surface area contributed by atoms with Gasteiger partial charge in [0.15, 0.2) is 23.0 Å². The van der Waals surface area contributed by atoms with Crippen LogP contribution in [0.15, 0.2) is 58.0 Å². The van der Waals surface area contributed by atoms with Crippen LogP contribution in [0.1, 0.15) is 78.1 Å². The largest absolute Gasteiger partial charge is 0.493 e. The second-order valence-electron chi connectivity index (χ2n) is 17.8. The van der Waals surface area contributed by atoms with Crippen molar-refractivity contribution in [2.45, 2.75) is 71.2 Å². The van der Waals surface area contributed by atoms with Gasteiger partial charge in [0.25, 0.3) is 11.8 Å². The van der Waals surface area contributed by atoms with Gasteiger partial charge in [0.1, 0.15) is 25.6 Å². The monoisotopic (exact) mass is 998 g/mol. The van der Waals surface area contributed by atoms with Gasteiger partial charge < -0.3 is 62.4 Å². The number of allylic oxidation sites excluding steroid dienone is 1. The summed E-state index contributed by atoms with van der Waals surface area (Å²) in [6.45, 7) is 8.22. The Balaban J connectivity index is 1.06. The maximum Gasteiger partial charge on any atom is 0.303 e. The Morgan fingerprint density at radius 2 is 1.29 bits per heavy atom. The molecule has 3 atom stereocenters. The van der Waals surface area contributed by atoms with Crippen LogP contribution in [0.4, 0.5) is 11.4 Å². The van der Waals surface area contributed by atoms with Crippen LogP contribution in [-0.4, -0.2) is 173 Å². The molecule has 388 valence electrons. The molecule has 1 unspecified atom stereocenters. The minimum absolute atomic E-state index is 0.0537. The Bertz CT molecular complexity index is 2480. The van der Waals surface area contributed by atoms with Crippen LogP contribution in [0.25, 0.3) is 0 Å². The number of benzene rings is 2. The Morgan fingerprint density at radius 1 is 0.708 bits per heavy atom. The number of hydrogen-bond donors (Lipinski definition) is 1. The highest BCUT2D eigenvalue weighted by atomic mass is 16.6. The van der Waals surface area contributed by atoms with Gasteiger partial charge in [-0.3, -0.25) is 34.1 Å². The highest BCUT2D eigenvalue weighted by Gasteiger charge is 2.37. The third kappa shape index (κ3) is 14.1. The summed E-state index contributed by atoms with van der Waals surface area (Å²) in [5.41, 5.74) is 3.85. The SMILES string of the molecule is C/C=C1\C[C@H]2C=Nc3cc(OCc4cc(OCCN(CCCC(=O)O)C(=O)CCOCCOCCOCCOC)cc(COc5cc6c(cc5OC)C(=O)N5CC(C)C[C@H]5C=N6)n4)c(OC)cc3C(=O)N2C1. The highest BCUT2D eigenvalue weighted by Crippen LogP contribution is 2.41. The molecular formula is C52H66N6O14. The number of hydrogen-bond acceptors (Lipinski definition) is 16. The number of pyridine rings is 1. The number of methoxy groups -OCH3 is 3. The van der Waals surface area contributed by atoms with Crippen molar-refractivity contribution in [2.75, 3.05) is 100 Å². The lowest BCUT2D eigenvalue weighted by Gasteiger charge is -2.23. The van der Waals surface area contributed by atoms with E-state index >= 15 is 0 Å². The van der Waals surface area contributed by atoms with Crippen LogP contribution in [0.5, 0.6) is 28.7 Å². The standard InChI is InChI=1S/C52H66N6O14/c1-6-35-21-39-29-54-44-27-48(46(66-5)25-42(44)52(63)58(39)31-35)72-33-37-23-40(70-13-11-56(10-7-8-50(60)61)49(59)9-12-67-16-17-69-19-18-68-15-14-64-3)22-36(55-37)32-71-47-26-43-41(24-45(47)65-4)51(62)57-30-34(2)20-38(57)28-53-43/h6,22-29,34,38-39H,7-21,30-33H2,1-5H3,(H,60,61)/b35-6+/t34?,38-,39-/m0/s1. The highest BCUT2D eigenvalue weighted by molar-refractivity contribution is 6.04. The Kier molecular flexibility index (Phi) is 19.4. The Labute approximate surface area is 419 Å². The number of amides is 3. The zero-order valence-corrected chi connectivity index (χ0v) is 41.8. The van der Waals surface area contributed by atoms with E-state index in [9.17, 15) is 24.3 Å². The number of aromatic nitrogens is 1. The van der Waals surface area contributed by atoms with Crippen molar-refractivity contribution < 1.29 is 66.9 Å². The van der Waals surface area contributed by atoms with E-state index in [1.807, 2.05) is 29.0 Å². The second-order valence-corrected chi connectivity index (χ2v) is 17.8. The topological polar surface area (TPSA) is 219 Å². The molecule has 2 aromatic carbocycles. The number of carboxylic acid groups (broad SMARTS) is 1. The number of nitrogens with zero attached hydrogens (tertiary/aromatic N) is 6. The fraction of sp³-hybridized carbons (Fsp3) is 0.519. The molecule has 1 aromatic heterocycles. The zero-order valence-electron chi connectivity index (χ0n) is 41.8. The van der Waals surface area contributed by atoms with E-state index < -0.39 is 5.97 Å². The molecule has 4 aliphatic rings. The molecule has 7 rings (SSSR count). The lowest BCUT2D eigenvalue weighted by Crippen LogP contribution is -2.36. The van der Waals surface area contributed by atoms with Crippen molar-refractivity contribution in [3.63, 3.8) is 0 Å². The van der Waals surface area contributed by atoms with Crippen molar-refractivity contribution in [2.24, 2.45) is 15.9 Å². The summed E-state index contributed by atoms with van der Waals surface area (Å²) in [7, 11) is 4.62. The van der Waals surface area contributed by atoms with Crippen molar-refractivity contribution >= 4 is 47.5 Å². The first kappa shape index (κ1) is 53.2. The molecule has 5 heterocycles. The van der Waals surface area contributed by atoms with Gasteiger partial charge in [-0.05, 0) is 44.2 Å². The molecule has 20 heteroatoms. The smallest absolute Gasteiger partial charge is 0.303 e. The molecule has 4 aliphatic heterocycles. The molecule has 2 fully saturated rings. The summed E-state index contributed by atoms with van der Waals surface area (Å²) in [5, 5.41) is 9.32. The normalized spacial score (nSPS) is 18.3. The number of aliphatic imine (C=N–C) groups is 2. The van der Waals surface area contributed by atoms with Gasteiger partial charge in [-0.1, -0.05) is 18.6 Å². The third-order valence-electron chi connectivity index (χ3n) is 12.6. The lowest BCUT2D eigenvalue weighted by atomic mass is 10.1. The number of carboxylic acids is 1. The molecule has 0 radical (unpaired) electrons. The van der Waals surface area contributed by atoms with E-state index in [1.165, 1.54) is 19.8 Å². The fourth-order valence-corrected chi connectivity index (χ4v) is 8.86. The summed E-state index contributed by atoms with van der Waals surface area (Å²) in [4.78, 5) is 71.7. The molecule has 0 aliphatic carbocycles.